The van der Waals surface area contributed by atoms with E-state index in [4.69, 9.17) is 0 Å². The highest BCUT2D eigenvalue weighted by Crippen LogP contribution is 2.31. The molecule has 0 fully saturated rings. The second kappa shape index (κ2) is 13.2. The number of sulfonamides is 2. The molecular formula is C37H31N3O6S2. The first kappa shape index (κ1) is 32.3. The van der Waals surface area contributed by atoms with Crippen LogP contribution in [0, 0.1) is 0 Å². The van der Waals surface area contributed by atoms with Crippen LogP contribution in [0.15, 0.2) is 143 Å². The average molecular weight is 678 g/mol. The van der Waals surface area contributed by atoms with Gasteiger partial charge in [0.25, 0.3) is 20.0 Å². The van der Waals surface area contributed by atoms with E-state index in [1.807, 2.05) is 49.4 Å². The minimum absolute atomic E-state index is 0.00394. The Morgan fingerprint density at radius 2 is 1.23 bits per heavy atom. The Morgan fingerprint density at radius 1 is 0.583 bits per heavy atom. The van der Waals surface area contributed by atoms with Gasteiger partial charge in [0.05, 0.1) is 21.2 Å². The maximum absolute atomic E-state index is 12.8. The monoisotopic (exact) mass is 677 g/mol. The number of benzene rings is 6. The number of phenolic OH excluding ortho intramolecular Hbond substituents is 2. The Kier molecular flexibility index (Phi) is 8.90. The smallest absolute Gasteiger partial charge is 0.261 e. The van der Waals surface area contributed by atoms with Gasteiger partial charge in [-0.2, -0.15) is 0 Å². The van der Waals surface area contributed by atoms with Crippen LogP contribution >= 0.6 is 0 Å². The zero-order valence-corrected chi connectivity index (χ0v) is 27.3. The summed E-state index contributed by atoms with van der Waals surface area (Å²) in [5, 5.41) is 23.4. The molecule has 0 aliphatic carbocycles. The van der Waals surface area contributed by atoms with E-state index >= 15 is 0 Å². The Labute approximate surface area is 278 Å². The molecule has 0 bridgehead atoms. The number of hydrogen-bond donors (Lipinski definition) is 4. The molecule has 1 aromatic heterocycles. The summed E-state index contributed by atoms with van der Waals surface area (Å²) in [5.74, 6) is 0.0979. The van der Waals surface area contributed by atoms with E-state index in [1.54, 1.807) is 79.0 Å². The van der Waals surface area contributed by atoms with Crippen LogP contribution in [0.5, 0.6) is 11.5 Å². The second-order valence-corrected chi connectivity index (χ2v) is 14.3. The predicted molar refractivity (Wildman–Crippen MR) is 190 cm³/mol. The molecule has 1 heterocycles. The van der Waals surface area contributed by atoms with Crippen LogP contribution in [0.1, 0.15) is 12.5 Å². The SMILES string of the molecule is CCc1ccc(S(=O)(=O)Nc2cccc3ccc(O)cc23)cc1.O=S(=O)(Nc1ccc(O)c2ncccc12)c1ccc2ccccc2c1. The molecule has 0 saturated carbocycles. The number of phenols is 2. The molecule has 242 valence electrons. The number of rotatable bonds is 7. The summed E-state index contributed by atoms with van der Waals surface area (Å²) in [7, 11) is -7.44. The number of nitrogens with one attached hydrogen (secondary N) is 2. The molecule has 0 saturated heterocycles. The van der Waals surface area contributed by atoms with Gasteiger partial charge >= 0.3 is 0 Å². The summed E-state index contributed by atoms with van der Waals surface area (Å²) in [4.78, 5) is 4.49. The van der Waals surface area contributed by atoms with E-state index < -0.39 is 20.0 Å². The molecular weight excluding hydrogens is 647 g/mol. The molecule has 9 nitrogen and oxygen atoms in total. The normalized spacial score (nSPS) is 11.6. The van der Waals surface area contributed by atoms with E-state index in [-0.39, 0.29) is 21.3 Å². The van der Waals surface area contributed by atoms with Gasteiger partial charge in [0.1, 0.15) is 17.0 Å². The molecule has 48 heavy (non-hydrogen) atoms. The Balaban J connectivity index is 0.000000168. The molecule has 7 rings (SSSR count). The van der Waals surface area contributed by atoms with Gasteiger partial charge < -0.3 is 10.2 Å². The van der Waals surface area contributed by atoms with Gasteiger partial charge in [-0.3, -0.25) is 14.4 Å². The molecule has 0 amide bonds. The average Bonchev–Trinajstić information content (AvgIpc) is 3.10. The largest absolute Gasteiger partial charge is 0.508 e. The first-order chi connectivity index (χ1) is 23.0. The fourth-order valence-corrected chi connectivity index (χ4v) is 7.44. The number of fused-ring (bicyclic) bond motifs is 3. The van der Waals surface area contributed by atoms with Crippen molar-refractivity contribution in [2.24, 2.45) is 0 Å². The van der Waals surface area contributed by atoms with E-state index in [2.05, 4.69) is 14.4 Å². The molecule has 0 radical (unpaired) electrons. The number of nitrogens with zero attached hydrogens (tertiary/aromatic N) is 1. The lowest BCUT2D eigenvalue weighted by Crippen LogP contribution is -2.13. The molecule has 6 aromatic carbocycles. The van der Waals surface area contributed by atoms with E-state index in [0.29, 0.717) is 27.7 Å². The van der Waals surface area contributed by atoms with E-state index in [0.717, 1.165) is 28.1 Å². The topological polar surface area (TPSA) is 146 Å². The fourth-order valence-electron chi connectivity index (χ4n) is 5.24. The van der Waals surface area contributed by atoms with Crippen molar-refractivity contribution in [3.8, 4) is 11.5 Å². The lowest BCUT2D eigenvalue weighted by molar-refractivity contribution is 0.476. The highest BCUT2D eigenvalue weighted by molar-refractivity contribution is 7.93. The summed E-state index contributed by atoms with van der Waals surface area (Å²) in [6, 6.07) is 35.9. The van der Waals surface area contributed by atoms with Crippen molar-refractivity contribution < 1.29 is 27.0 Å². The van der Waals surface area contributed by atoms with Crippen LogP contribution in [0.2, 0.25) is 0 Å². The predicted octanol–water partition coefficient (Wildman–Crippen LogP) is 7.80. The standard InChI is InChI=1S/C19H14N2O3S.C18H17NO3S/c22-18-10-9-17(16-6-3-11-20-19(16)18)21-25(23,24)15-8-7-13-4-1-2-5-14(13)12-15;1-2-13-6-10-16(11-7-13)23(21,22)19-18-5-3-4-14-8-9-15(20)12-17(14)18/h1-12,21-22H;3-12,19-20H,2H2,1H3. The first-order valence-electron chi connectivity index (χ1n) is 15.0. The summed E-state index contributed by atoms with van der Waals surface area (Å²) in [6.45, 7) is 2.02. The van der Waals surface area contributed by atoms with Gasteiger partial charge in [-0.05, 0) is 94.9 Å². The van der Waals surface area contributed by atoms with Gasteiger partial charge in [0.15, 0.2) is 0 Å². The third-order valence-corrected chi connectivity index (χ3v) is 10.5. The first-order valence-corrected chi connectivity index (χ1v) is 17.9. The van der Waals surface area contributed by atoms with Crippen LogP contribution in [-0.2, 0) is 26.5 Å². The van der Waals surface area contributed by atoms with Crippen molar-refractivity contribution in [3.63, 3.8) is 0 Å². The van der Waals surface area contributed by atoms with Gasteiger partial charge in [-0.15, -0.1) is 0 Å². The molecule has 0 atom stereocenters. The van der Waals surface area contributed by atoms with Crippen LogP contribution < -0.4 is 9.44 Å². The molecule has 0 spiro atoms. The van der Waals surface area contributed by atoms with Gasteiger partial charge in [0.2, 0.25) is 0 Å². The number of anilines is 2. The van der Waals surface area contributed by atoms with Crippen LogP contribution in [0.25, 0.3) is 32.4 Å². The molecule has 0 aliphatic rings. The van der Waals surface area contributed by atoms with Crippen LogP contribution in [0.3, 0.4) is 0 Å². The Morgan fingerprint density at radius 3 is 1.98 bits per heavy atom. The van der Waals surface area contributed by atoms with Crippen molar-refractivity contribution in [1.82, 2.24) is 4.98 Å². The molecule has 0 aliphatic heterocycles. The maximum atomic E-state index is 12.8. The van der Waals surface area contributed by atoms with Crippen molar-refractivity contribution in [2.45, 2.75) is 23.1 Å². The highest BCUT2D eigenvalue weighted by atomic mass is 32.2. The molecule has 4 N–H and O–H groups in total. The Bertz CT molecular complexity index is 2500. The van der Waals surface area contributed by atoms with Gasteiger partial charge in [0, 0.05) is 17.0 Å². The summed E-state index contributed by atoms with van der Waals surface area (Å²) in [6.07, 6.45) is 2.40. The number of aromatic hydroxyl groups is 2. The summed E-state index contributed by atoms with van der Waals surface area (Å²) in [5.41, 5.74) is 2.24. The fraction of sp³-hybridized carbons (Fsp3) is 0.0541. The van der Waals surface area contributed by atoms with Gasteiger partial charge in [-0.1, -0.05) is 67.6 Å². The summed E-state index contributed by atoms with van der Waals surface area (Å²) >= 11 is 0. The van der Waals surface area contributed by atoms with Crippen molar-refractivity contribution in [3.05, 3.63) is 139 Å². The minimum atomic E-state index is -3.77. The molecule has 0 unspecified atom stereocenters. The summed E-state index contributed by atoms with van der Waals surface area (Å²) < 4.78 is 55.9. The zero-order chi connectivity index (χ0) is 33.9. The lowest BCUT2D eigenvalue weighted by Gasteiger charge is -2.11. The van der Waals surface area contributed by atoms with Crippen molar-refractivity contribution in [1.29, 1.82) is 0 Å². The van der Waals surface area contributed by atoms with Crippen LogP contribution in [0.4, 0.5) is 11.4 Å². The second-order valence-electron chi connectivity index (χ2n) is 11.0. The maximum Gasteiger partial charge on any atom is 0.261 e. The molecule has 7 aromatic rings. The van der Waals surface area contributed by atoms with E-state index in [1.165, 1.54) is 12.1 Å². The number of hydrogen-bond acceptors (Lipinski definition) is 7. The van der Waals surface area contributed by atoms with Crippen LogP contribution in [-0.4, -0.2) is 32.0 Å². The highest BCUT2D eigenvalue weighted by Gasteiger charge is 2.18. The third-order valence-electron chi connectivity index (χ3n) is 7.78. The lowest BCUT2D eigenvalue weighted by atomic mass is 10.1. The van der Waals surface area contributed by atoms with Crippen molar-refractivity contribution in [2.75, 3.05) is 9.44 Å². The minimum Gasteiger partial charge on any atom is -0.508 e. The quantitative estimate of drug-likeness (QED) is 0.126. The number of aromatic nitrogens is 1. The number of pyridine rings is 1. The zero-order valence-electron chi connectivity index (χ0n) is 25.7. The third kappa shape index (κ3) is 6.87. The number of aryl methyl sites for hydroxylation is 1. The Hall–Kier alpha value is -5.65. The van der Waals surface area contributed by atoms with E-state index in [9.17, 15) is 27.0 Å². The van der Waals surface area contributed by atoms with Gasteiger partial charge in [-0.25, -0.2) is 16.8 Å². The van der Waals surface area contributed by atoms with Crippen molar-refractivity contribution >= 4 is 63.9 Å². The molecule has 11 heteroatoms.